The SMILES string of the molecule is O=S(=O)([O-])C(F)(F)C(F)(F)C(F)(F)C(F)(F)C(F)(F)C(F)(F)C(F)(F)F.[Ag+]. The normalized spacial score (nSPS) is 16.1. The smallest absolute Gasteiger partial charge is 0.743 e. The van der Waals surface area contributed by atoms with Gasteiger partial charge in [0.1, 0.15) is 0 Å². The van der Waals surface area contributed by atoms with Gasteiger partial charge in [0, 0.05) is 0 Å². The van der Waals surface area contributed by atoms with Crippen molar-refractivity contribution in [1.29, 1.82) is 0 Å². The van der Waals surface area contributed by atoms with E-state index in [1.54, 1.807) is 0 Å². The molecule has 0 heterocycles. The Kier molecular flexibility index (Phi) is 7.30. The molecule has 0 unspecified atom stereocenters. The molecule has 0 aliphatic rings. The van der Waals surface area contributed by atoms with Crippen LogP contribution < -0.4 is 0 Å². The van der Waals surface area contributed by atoms with E-state index >= 15 is 0 Å². The van der Waals surface area contributed by atoms with E-state index in [4.69, 9.17) is 0 Å². The number of rotatable bonds is 6. The molecule has 0 bridgehead atoms. The predicted molar refractivity (Wildman–Crippen MR) is 45.4 cm³/mol. The fraction of sp³-hybridized carbons (Fsp3) is 1.00. The number of hydrogen-bond donors (Lipinski definition) is 0. The molecule has 0 atom stereocenters. The Labute approximate surface area is 153 Å². The summed E-state index contributed by atoms with van der Waals surface area (Å²) in [5.41, 5.74) is 0. The quantitative estimate of drug-likeness (QED) is 0.284. The van der Waals surface area contributed by atoms with E-state index in [0.29, 0.717) is 0 Å². The van der Waals surface area contributed by atoms with Crippen LogP contribution in [-0.4, -0.2) is 54.0 Å². The molecular formula is C7AgF15O3S. The van der Waals surface area contributed by atoms with E-state index in [-0.39, 0.29) is 22.4 Å². The van der Waals surface area contributed by atoms with Crippen molar-refractivity contribution in [1.82, 2.24) is 0 Å². The van der Waals surface area contributed by atoms with Crippen molar-refractivity contribution in [2.24, 2.45) is 0 Å². The number of hydrogen-bond acceptors (Lipinski definition) is 3. The van der Waals surface area contributed by atoms with Gasteiger partial charge in [-0.05, 0) is 0 Å². The van der Waals surface area contributed by atoms with Gasteiger partial charge < -0.3 is 4.55 Å². The molecule has 0 rings (SSSR count). The molecule has 0 amide bonds. The van der Waals surface area contributed by atoms with Crippen molar-refractivity contribution < 1.29 is 101 Å². The van der Waals surface area contributed by atoms with Crippen LogP contribution >= 0.6 is 0 Å². The maximum absolute atomic E-state index is 12.9. The second-order valence-corrected chi connectivity index (χ2v) is 5.76. The molecule has 0 N–H and O–H groups in total. The van der Waals surface area contributed by atoms with Crippen LogP contribution in [0.15, 0.2) is 0 Å². The Bertz CT molecular complexity index is 651. The number of alkyl halides is 15. The van der Waals surface area contributed by atoms with Gasteiger partial charge in [0.05, 0.1) is 0 Å². The second kappa shape index (κ2) is 6.84. The molecule has 27 heavy (non-hydrogen) atoms. The summed E-state index contributed by atoms with van der Waals surface area (Å²) in [6.07, 6.45) is -7.77. The van der Waals surface area contributed by atoms with Crippen LogP contribution in [0, 0.1) is 0 Å². The van der Waals surface area contributed by atoms with E-state index < -0.39 is 51.2 Å². The standard InChI is InChI=1S/C7HF15O3S.Ag/c8-1(9,2(10,11)4(14,15)6(18,19)20)3(12,13)5(16,17)7(21,22)26(23,24)25;/h(H,23,24,25);/q;+1/p-1. The summed E-state index contributed by atoms with van der Waals surface area (Å²) in [5.74, 6) is -42.2. The maximum atomic E-state index is 12.9. The molecule has 0 aromatic rings. The predicted octanol–water partition coefficient (Wildman–Crippen LogP) is 3.86. The van der Waals surface area contributed by atoms with Crippen molar-refractivity contribution in [3.8, 4) is 0 Å². The minimum absolute atomic E-state index is 0. The Balaban J connectivity index is 0. The summed E-state index contributed by atoms with van der Waals surface area (Å²) in [7, 11) is -8.01. The van der Waals surface area contributed by atoms with Crippen molar-refractivity contribution >= 4 is 10.1 Å². The maximum Gasteiger partial charge on any atom is 1.00 e. The topological polar surface area (TPSA) is 57.2 Å². The summed E-state index contributed by atoms with van der Waals surface area (Å²) in [4.78, 5) is 0. The van der Waals surface area contributed by atoms with Crippen LogP contribution in [0.2, 0.25) is 0 Å². The Hall–Kier alpha value is -0.400. The van der Waals surface area contributed by atoms with Gasteiger partial charge in [0.15, 0.2) is 10.1 Å². The molecular weight excluding hydrogens is 557 g/mol. The molecule has 0 aromatic heterocycles. The Morgan fingerprint density at radius 2 is 0.704 bits per heavy atom. The zero-order valence-electron chi connectivity index (χ0n) is 11.1. The summed E-state index contributed by atoms with van der Waals surface area (Å²) in [6, 6.07) is 0. The van der Waals surface area contributed by atoms with Crippen LogP contribution in [-0.2, 0) is 32.5 Å². The zero-order chi connectivity index (χ0) is 22.0. The van der Waals surface area contributed by atoms with Crippen molar-refractivity contribution in [3.63, 3.8) is 0 Å². The molecule has 0 fully saturated rings. The Morgan fingerprint density at radius 1 is 0.481 bits per heavy atom. The van der Waals surface area contributed by atoms with Gasteiger partial charge >= 0.3 is 63.4 Å². The molecule has 20 heteroatoms. The third kappa shape index (κ3) is 3.64. The first-order valence-corrected chi connectivity index (χ1v) is 6.45. The molecule has 0 saturated carbocycles. The third-order valence-corrected chi connectivity index (χ3v) is 3.50. The Morgan fingerprint density at radius 3 is 0.926 bits per heavy atom. The van der Waals surface area contributed by atoms with E-state index in [1.807, 2.05) is 0 Å². The van der Waals surface area contributed by atoms with Gasteiger partial charge in [0.2, 0.25) is 0 Å². The second-order valence-electron chi connectivity index (χ2n) is 4.34. The van der Waals surface area contributed by atoms with Gasteiger partial charge in [-0.1, -0.05) is 0 Å². The molecule has 168 valence electrons. The molecule has 0 spiro atoms. The van der Waals surface area contributed by atoms with Gasteiger partial charge in [-0.3, -0.25) is 0 Å². The van der Waals surface area contributed by atoms with Gasteiger partial charge in [-0.25, -0.2) is 8.42 Å². The molecule has 3 nitrogen and oxygen atoms in total. The minimum Gasteiger partial charge on any atom is -0.743 e. The van der Waals surface area contributed by atoms with Crippen molar-refractivity contribution in [2.45, 2.75) is 41.0 Å². The average Bonchev–Trinajstić information content (AvgIpc) is 2.34. The van der Waals surface area contributed by atoms with Gasteiger partial charge in [0.25, 0.3) is 0 Å². The monoisotopic (exact) mass is 556 g/mol. The van der Waals surface area contributed by atoms with Gasteiger partial charge in [-0.2, -0.15) is 65.9 Å². The first-order chi connectivity index (χ1) is 10.8. The largest absolute Gasteiger partial charge is 1.00 e. The van der Waals surface area contributed by atoms with Gasteiger partial charge in [-0.15, -0.1) is 0 Å². The minimum atomic E-state index is -8.63. The van der Waals surface area contributed by atoms with Crippen LogP contribution in [0.4, 0.5) is 65.9 Å². The zero-order valence-corrected chi connectivity index (χ0v) is 13.4. The fourth-order valence-corrected chi connectivity index (χ4v) is 1.55. The van der Waals surface area contributed by atoms with Crippen molar-refractivity contribution in [2.75, 3.05) is 0 Å². The van der Waals surface area contributed by atoms with Crippen LogP contribution in [0.1, 0.15) is 0 Å². The summed E-state index contributed by atoms with van der Waals surface area (Å²) in [6.45, 7) is 0. The fourth-order valence-electron chi connectivity index (χ4n) is 1.11. The average molecular weight is 557 g/mol. The third-order valence-electron chi connectivity index (χ3n) is 2.61. The van der Waals surface area contributed by atoms with E-state index in [1.165, 1.54) is 0 Å². The van der Waals surface area contributed by atoms with Crippen LogP contribution in [0.5, 0.6) is 0 Å². The first-order valence-electron chi connectivity index (χ1n) is 5.04. The molecule has 0 aromatic carbocycles. The summed E-state index contributed by atoms with van der Waals surface area (Å²) >= 11 is 0. The van der Waals surface area contributed by atoms with Crippen molar-refractivity contribution in [3.05, 3.63) is 0 Å². The van der Waals surface area contributed by atoms with Crippen LogP contribution in [0.25, 0.3) is 0 Å². The molecule has 0 radical (unpaired) electrons. The van der Waals surface area contributed by atoms with E-state index in [0.717, 1.165) is 0 Å². The molecule has 0 aliphatic heterocycles. The molecule has 0 saturated heterocycles. The summed E-state index contributed by atoms with van der Waals surface area (Å²) in [5, 5.41) is -7.81. The molecule has 0 aliphatic carbocycles. The van der Waals surface area contributed by atoms with Crippen LogP contribution in [0.3, 0.4) is 0 Å². The van der Waals surface area contributed by atoms with E-state index in [2.05, 4.69) is 0 Å². The summed E-state index contributed by atoms with van der Waals surface area (Å²) < 4.78 is 216. The number of halogens is 15. The first kappa shape index (κ1) is 28.8. The van der Waals surface area contributed by atoms with E-state index in [9.17, 15) is 78.8 Å².